The molecule has 4 rings (SSSR count). The van der Waals surface area contributed by atoms with E-state index in [0.717, 1.165) is 28.4 Å². The number of fused-ring (bicyclic) bond motifs is 1. The average Bonchev–Trinajstić information content (AvgIpc) is 3.26. The summed E-state index contributed by atoms with van der Waals surface area (Å²) in [5.74, 6) is 1.20. The van der Waals surface area contributed by atoms with Crippen molar-refractivity contribution in [1.29, 1.82) is 0 Å². The molecule has 1 aromatic heterocycles. The molecular weight excluding hydrogens is 364 g/mol. The second-order valence-corrected chi connectivity index (χ2v) is 6.89. The van der Waals surface area contributed by atoms with E-state index >= 15 is 0 Å². The Kier molecular flexibility index (Phi) is 4.54. The summed E-state index contributed by atoms with van der Waals surface area (Å²) in [6, 6.07) is 15.2. The third-order valence-electron chi connectivity index (χ3n) is 4.61. The summed E-state index contributed by atoms with van der Waals surface area (Å²) in [4.78, 5) is 12.7. The van der Waals surface area contributed by atoms with E-state index in [0.29, 0.717) is 22.9 Å². The zero-order valence-electron chi connectivity index (χ0n) is 15.1. The Labute approximate surface area is 162 Å². The van der Waals surface area contributed by atoms with Crippen LogP contribution in [0.3, 0.4) is 0 Å². The van der Waals surface area contributed by atoms with E-state index in [1.54, 1.807) is 6.07 Å². The number of halogens is 1. The van der Waals surface area contributed by atoms with Gasteiger partial charge in [0.15, 0.2) is 11.5 Å². The van der Waals surface area contributed by atoms with Gasteiger partial charge in [0.25, 0.3) is 5.91 Å². The zero-order valence-corrected chi connectivity index (χ0v) is 15.8. The Morgan fingerprint density at radius 1 is 1.04 bits per heavy atom. The molecule has 2 aromatic carbocycles. The molecule has 1 aliphatic rings. The minimum Gasteiger partial charge on any atom is -0.454 e. The lowest BCUT2D eigenvalue weighted by Gasteiger charge is -2.13. The fraction of sp³-hybridized carbons (Fsp3) is 0.190. The van der Waals surface area contributed by atoms with E-state index < -0.39 is 0 Å². The molecule has 0 bridgehead atoms. The van der Waals surface area contributed by atoms with Crippen LogP contribution in [0.2, 0.25) is 5.02 Å². The molecule has 0 saturated heterocycles. The van der Waals surface area contributed by atoms with E-state index in [-0.39, 0.29) is 12.7 Å². The van der Waals surface area contributed by atoms with Gasteiger partial charge < -0.3 is 19.4 Å². The van der Waals surface area contributed by atoms with Gasteiger partial charge in [0.1, 0.15) is 0 Å². The van der Waals surface area contributed by atoms with Crippen LogP contribution in [0, 0.1) is 13.8 Å². The van der Waals surface area contributed by atoms with Crippen molar-refractivity contribution < 1.29 is 14.3 Å². The summed E-state index contributed by atoms with van der Waals surface area (Å²) in [7, 11) is 0. The number of carbonyl (C=O) groups excluding carboxylic acids is 1. The van der Waals surface area contributed by atoms with E-state index in [2.05, 4.69) is 9.88 Å². The van der Waals surface area contributed by atoms with Gasteiger partial charge in [0.05, 0.1) is 10.6 Å². The lowest BCUT2D eigenvalue weighted by molar-refractivity contribution is 0.0951. The molecule has 3 aromatic rings. The molecule has 0 spiro atoms. The van der Waals surface area contributed by atoms with Gasteiger partial charge in [-0.15, -0.1) is 0 Å². The topological polar surface area (TPSA) is 52.5 Å². The molecule has 138 valence electrons. The van der Waals surface area contributed by atoms with Crippen LogP contribution in [0.5, 0.6) is 11.5 Å². The van der Waals surface area contributed by atoms with Crippen LogP contribution in [0.1, 0.15) is 27.3 Å². The summed E-state index contributed by atoms with van der Waals surface area (Å²) < 4.78 is 12.8. The van der Waals surface area contributed by atoms with Gasteiger partial charge in [-0.25, -0.2) is 0 Å². The van der Waals surface area contributed by atoms with Gasteiger partial charge in [0.2, 0.25) is 6.79 Å². The number of nitrogens with one attached hydrogen (secondary N) is 1. The van der Waals surface area contributed by atoms with E-state index in [1.165, 1.54) is 0 Å². The third kappa shape index (κ3) is 3.38. The molecule has 0 aliphatic carbocycles. The number of carbonyl (C=O) groups is 1. The highest BCUT2D eigenvalue weighted by Gasteiger charge is 2.16. The SMILES string of the molecule is Cc1ccc(C)n1-c1ccc(Cl)c(C(=O)NCc2ccc3c(c2)OCO3)c1. The van der Waals surface area contributed by atoms with Crippen LogP contribution in [0.15, 0.2) is 48.5 Å². The predicted octanol–water partition coefficient (Wildman–Crippen LogP) is 4.41. The lowest BCUT2D eigenvalue weighted by atomic mass is 10.1. The second kappa shape index (κ2) is 7.00. The number of amides is 1. The molecular formula is C21H19ClN2O3. The predicted molar refractivity (Wildman–Crippen MR) is 104 cm³/mol. The number of nitrogens with zero attached hydrogens (tertiary/aromatic N) is 1. The van der Waals surface area contributed by atoms with Gasteiger partial charge in [-0.3, -0.25) is 4.79 Å². The highest BCUT2D eigenvalue weighted by Crippen LogP contribution is 2.32. The first-order valence-corrected chi connectivity index (χ1v) is 9.02. The molecule has 0 unspecified atom stereocenters. The Morgan fingerprint density at radius 3 is 2.56 bits per heavy atom. The highest BCUT2D eigenvalue weighted by molar-refractivity contribution is 6.33. The van der Waals surface area contributed by atoms with Crippen molar-refractivity contribution in [1.82, 2.24) is 9.88 Å². The normalized spacial score (nSPS) is 12.3. The van der Waals surface area contributed by atoms with E-state index in [9.17, 15) is 4.79 Å². The number of aryl methyl sites for hydroxylation is 2. The fourth-order valence-electron chi connectivity index (χ4n) is 3.23. The molecule has 1 N–H and O–H groups in total. The van der Waals surface area contributed by atoms with Crippen LogP contribution in [0.25, 0.3) is 5.69 Å². The molecule has 6 heteroatoms. The molecule has 0 saturated carbocycles. The maximum atomic E-state index is 12.7. The van der Waals surface area contributed by atoms with Crippen molar-refractivity contribution >= 4 is 17.5 Å². The van der Waals surface area contributed by atoms with Crippen molar-refractivity contribution in [2.45, 2.75) is 20.4 Å². The minimum atomic E-state index is -0.220. The molecule has 0 atom stereocenters. The van der Waals surface area contributed by atoms with Crippen LogP contribution in [-0.4, -0.2) is 17.3 Å². The van der Waals surface area contributed by atoms with Crippen molar-refractivity contribution in [3.63, 3.8) is 0 Å². The minimum absolute atomic E-state index is 0.220. The summed E-state index contributed by atoms with van der Waals surface area (Å²) in [5, 5.41) is 3.34. The van der Waals surface area contributed by atoms with E-state index in [4.69, 9.17) is 21.1 Å². The standard InChI is InChI=1S/C21H19ClN2O3/c1-13-3-4-14(2)24(13)16-6-7-18(22)17(10-16)21(25)23-11-15-5-8-19-20(9-15)27-12-26-19/h3-10H,11-12H2,1-2H3,(H,23,25). The molecule has 1 aliphatic heterocycles. The summed E-state index contributed by atoms with van der Waals surface area (Å²) >= 11 is 6.28. The first kappa shape index (κ1) is 17.5. The largest absolute Gasteiger partial charge is 0.454 e. The van der Waals surface area contributed by atoms with Crippen LogP contribution < -0.4 is 14.8 Å². The van der Waals surface area contributed by atoms with Crippen molar-refractivity contribution in [3.8, 4) is 17.2 Å². The summed E-state index contributed by atoms with van der Waals surface area (Å²) in [6.07, 6.45) is 0. The number of benzene rings is 2. The fourth-order valence-corrected chi connectivity index (χ4v) is 3.43. The molecule has 27 heavy (non-hydrogen) atoms. The van der Waals surface area contributed by atoms with Gasteiger partial charge >= 0.3 is 0 Å². The molecule has 1 amide bonds. The van der Waals surface area contributed by atoms with Crippen molar-refractivity contribution in [3.05, 3.63) is 76.1 Å². The molecule has 0 fully saturated rings. The molecule has 5 nitrogen and oxygen atoms in total. The van der Waals surface area contributed by atoms with Crippen LogP contribution in [-0.2, 0) is 6.54 Å². The van der Waals surface area contributed by atoms with Crippen LogP contribution in [0.4, 0.5) is 0 Å². The Hall–Kier alpha value is -2.92. The Morgan fingerprint density at radius 2 is 1.78 bits per heavy atom. The maximum absolute atomic E-state index is 12.7. The van der Waals surface area contributed by atoms with Crippen molar-refractivity contribution in [2.24, 2.45) is 0 Å². The summed E-state index contributed by atoms with van der Waals surface area (Å²) in [5.41, 5.74) is 4.48. The lowest BCUT2D eigenvalue weighted by Crippen LogP contribution is -2.23. The number of aromatic nitrogens is 1. The maximum Gasteiger partial charge on any atom is 0.253 e. The highest BCUT2D eigenvalue weighted by atomic mass is 35.5. The first-order chi connectivity index (χ1) is 13.0. The Balaban J connectivity index is 1.54. The van der Waals surface area contributed by atoms with Gasteiger partial charge in [0, 0.05) is 23.6 Å². The van der Waals surface area contributed by atoms with Gasteiger partial charge in [-0.05, 0) is 61.9 Å². The first-order valence-electron chi connectivity index (χ1n) is 8.64. The van der Waals surface area contributed by atoms with Crippen LogP contribution >= 0.6 is 11.6 Å². The third-order valence-corrected chi connectivity index (χ3v) is 4.94. The number of ether oxygens (including phenoxy) is 2. The summed E-state index contributed by atoms with van der Waals surface area (Å²) in [6.45, 7) is 4.66. The van der Waals surface area contributed by atoms with Crippen molar-refractivity contribution in [2.75, 3.05) is 6.79 Å². The molecule has 2 heterocycles. The average molecular weight is 383 g/mol. The van der Waals surface area contributed by atoms with Gasteiger partial charge in [-0.2, -0.15) is 0 Å². The van der Waals surface area contributed by atoms with Gasteiger partial charge in [-0.1, -0.05) is 17.7 Å². The number of hydrogen-bond donors (Lipinski definition) is 1. The number of hydrogen-bond acceptors (Lipinski definition) is 3. The van der Waals surface area contributed by atoms with E-state index in [1.807, 2.05) is 56.3 Å². The zero-order chi connectivity index (χ0) is 19.0. The number of rotatable bonds is 4. The monoisotopic (exact) mass is 382 g/mol. The Bertz CT molecular complexity index is 1010. The quantitative estimate of drug-likeness (QED) is 0.727. The molecule has 0 radical (unpaired) electrons. The smallest absolute Gasteiger partial charge is 0.253 e. The second-order valence-electron chi connectivity index (χ2n) is 6.49.